The molecule has 0 aliphatic carbocycles. The van der Waals surface area contributed by atoms with E-state index in [9.17, 15) is 9.59 Å². The maximum absolute atomic E-state index is 12.2. The molecule has 0 aliphatic heterocycles. The number of carbonyl (C=O) groups is 2. The van der Waals surface area contributed by atoms with Gasteiger partial charge in [0.25, 0.3) is 5.91 Å². The number of amides is 2. The lowest BCUT2D eigenvalue weighted by Gasteiger charge is -2.09. The predicted molar refractivity (Wildman–Crippen MR) is 115 cm³/mol. The van der Waals surface area contributed by atoms with Crippen molar-refractivity contribution in [2.45, 2.75) is 27.3 Å². The van der Waals surface area contributed by atoms with Gasteiger partial charge < -0.3 is 19.9 Å². The second kappa shape index (κ2) is 10.2. The molecular formula is C20H23BrN6O4. The summed E-state index contributed by atoms with van der Waals surface area (Å²) in [6.07, 6.45) is 0. The number of carbonyl (C=O) groups excluding carboxylic acids is 2. The molecule has 0 saturated carbocycles. The van der Waals surface area contributed by atoms with Gasteiger partial charge in [-0.3, -0.25) is 14.3 Å². The van der Waals surface area contributed by atoms with Gasteiger partial charge in [-0.25, -0.2) is 0 Å². The van der Waals surface area contributed by atoms with Crippen LogP contribution in [0.4, 0.5) is 0 Å². The van der Waals surface area contributed by atoms with E-state index in [2.05, 4.69) is 41.8 Å². The van der Waals surface area contributed by atoms with E-state index in [0.29, 0.717) is 11.6 Å². The van der Waals surface area contributed by atoms with Gasteiger partial charge >= 0.3 is 11.8 Å². The number of benzene rings is 1. The minimum absolute atomic E-state index is 0.103. The van der Waals surface area contributed by atoms with Crippen LogP contribution in [0.1, 0.15) is 33.5 Å². The first-order valence-corrected chi connectivity index (χ1v) is 10.4. The molecule has 0 radical (unpaired) electrons. The van der Waals surface area contributed by atoms with Crippen molar-refractivity contribution < 1.29 is 18.8 Å². The standard InChI is InChI=1S/C20H23BrN6O4/c1-12-6-4-5-7-15(12)30-11-17(28)22-8-9-23-19(29)20-24-16(26-31-20)10-27-14(3)18(21)13(2)25-27/h4-7H,8-11H2,1-3H3,(H,22,28)(H,23,29). The number of hydrogen-bond acceptors (Lipinski definition) is 7. The summed E-state index contributed by atoms with van der Waals surface area (Å²) >= 11 is 3.46. The van der Waals surface area contributed by atoms with Crippen LogP contribution in [0.25, 0.3) is 0 Å². The molecule has 1 aromatic carbocycles. The van der Waals surface area contributed by atoms with Crippen LogP contribution in [0.3, 0.4) is 0 Å². The van der Waals surface area contributed by atoms with Crippen molar-refractivity contribution in [2.24, 2.45) is 0 Å². The van der Waals surface area contributed by atoms with Gasteiger partial charge in [-0.15, -0.1) is 0 Å². The second-order valence-corrected chi connectivity index (χ2v) is 7.61. The van der Waals surface area contributed by atoms with Crippen molar-refractivity contribution in [3.63, 3.8) is 0 Å². The number of rotatable bonds is 9. The number of ether oxygens (including phenoxy) is 1. The van der Waals surface area contributed by atoms with E-state index in [1.807, 2.05) is 39.0 Å². The van der Waals surface area contributed by atoms with E-state index >= 15 is 0 Å². The summed E-state index contributed by atoms with van der Waals surface area (Å²) < 4.78 is 13.1. The minimum Gasteiger partial charge on any atom is -0.484 e. The molecule has 0 aliphatic rings. The first-order valence-electron chi connectivity index (χ1n) is 9.60. The van der Waals surface area contributed by atoms with Crippen LogP contribution in [-0.4, -0.2) is 51.4 Å². The molecule has 2 heterocycles. The van der Waals surface area contributed by atoms with Gasteiger partial charge in [-0.05, 0) is 48.3 Å². The molecule has 10 nitrogen and oxygen atoms in total. The van der Waals surface area contributed by atoms with Gasteiger partial charge in [-0.2, -0.15) is 10.1 Å². The smallest absolute Gasteiger partial charge is 0.316 e. The van der Waals surface area contributed by atoms with Crippen molar-refractivity contribution >= 4 is 27.7 Å². The van der Waals surface area contributed by atoms with E-state index < -0.39 is 5.91 Å². The minimum atomic E-state index is -0.515. The molecule has 0 bridgehead atoms. The molecule has 11 heteroatoms. The van der Waals surface area contributed by atoms with Gasteiger partial charge in [0.15, 0.2) is 12.4 Å². The van der Waals surface area contributed by atoms with Crippen LogP contribution in [0.5, 0.6) is 5.75 Å². The van der Waals surface area contributed by atoms with Gasteiger partial charge in [0.2, 0.25) is 0 Å². The highest BCUT2D eigenvalue weighted by Gasteiger charge is 2.17. The fourth-order valence-electron chi connectivity index (χ4n) is 2.74. The molecular weight excluding hydrogens is 468 g/mol. The van der Waals surface area contributed by atoms with Crippen molar-refractivity contribution in [2.75, 3.05) is 19.7 Å². The summed E-state index contributed by atoms with van der Waals surface area (Å²) in [7, 11) is 0. The molecule has 0 spiro atoms. The summed E-state index contributed by atoms with van der Waals surface area (Å²) in [5, 5.41) is 13.5. The number of hydrogen-bond donors (Lipinski definition) is 2. The van der Waals surface area contributed by atoms with E-state index in [0.717, 1.165) is 21.4 Å². The highest BCUT2D eigenvalue weighted by Crippen LogP contribution is 2.20. The van der Waals surface area contributed by atoms with E-state index in [4.69, 9.17) is 9.26 Å². The Bertz CT molecular complexity index is 1080. The van der Waals surface area contributed by atoms with Gasteiger partial charge in [0.05, 0.1) is 15.9 Å². The van der Waals surface area contributed by atoms with E-state index in [1.54, 1.807) is 10.7 Å². The van der Waals surface area contributed by atoms with Crippen molar-refractivity contribution in [3.8, 4) is 5.75 Å². The van der Waals surface area contributed by atoms with Crippen molar-refractivity contribution in [1.29, 1.82) is 0 Å². The molecule has 3 rings (SSSR count). The maximum atomic E-state index is 12.2. The molecule has 2 amide bonds. The molecule has 164 valence electrons. The zero-order valence-electron chi connectivity index (χ0n) is 17.4. The Labute approximate surface area is 187 Å². The van der Waals surface area contributed by atoms with Gasteiger partial charge in [-0.1, -0.05) is 23.4 Å². The first-order chi connectivity index (χ1) is 14.8. The van der Waals surface area contributed by atoms with Crippen LogP contribution in [0.2, 0.25) is 0 Å². The lowest BCUT2D eigenvalue weighted by atomic mass is 10.2. The normalized spacial score (nSPS) is 10.7. The monoisotopic (exact) mass is 490 g/mol. The largest absolute Gasteiger partial charge is 0.484 e. The molecule has 0 fully saturated rings. The number of aromatic nitrogens is 4. The zero-order valence-corrected chi connectivity index (χ0v) is 19.0. The van der Waals surface area contributed by atoms with Crippen LogP contribution in [-0.2, 0) is 11.3 Å². The van der Waals surface area contributed by atoms with Crippen molar-refractivity contribution in [1.82, 2.24) is 30.6 Å². The Hall–Kier alpha value is -3.21. The molecule has 0 unspecified atom stereocenters. The molecule has 3 aromatic rings. The second-order valence-electron chi connectivity index (χ2n) is 6.82. The third-order valence-electron chi connectivity index (χ3n) is 4.43. The quantitative estimate of drug-likeness (QED) is 0.439. The summed E-state index contributed by atoms with van der Waals surface area (Å²) in [6.45, 7) is 6.33. The molecule has 0 atom stereocenters. The lowest BCUT2D eigenvalue weighted by molar-refractivity contribution is -0.123. The molecule has 31 heavy (non-hydrogen) atoms. The molecule has 2 N–H and O–H groups in total. The third kappa shape index (κ3) is 5.91. The Morgan fingerprint density at radius 2 is 1.90 bits per heavy atom. The summed E-state index contributed by atoms with van der Waals surface area (Å²) in [6, 6.07) is 7.45. The van der Waals surface area contributed by atoms with Crippen LogP contribution < -0.4 is 15.4 Å². The fraction of sp³-hybridized carbons (Fsp3) is 0.350. The predicted octanol–water partition coefficient (Wildman–Crippen LogP) is 1.93. The summed E-state index contributed by atoms with van der Waals surface area (Å²) in [5.74, 6) is 0.0491. The maximum Gasteiger partial charge on any atom is 0.316 e. The molecule has 0 saturated heterocycles. The van der Waals surface area contributed by atoms with E-state index in [-0.39, 0.29) is 38.0 Å². The average molecular weight is 491 g/mol. The highest BCUT2D eigenvalue weighted by atomic mass is 79.9. The summed E-state index contributed by atoms with van der Waals surface area (Å²) in [5.41, 5.74) is 2.73. The highest BCUT2D eigenvalue weighted by molar-refractivity contribution is 9.10. The van der Waals surface area contributed by atoms with Crippen molar-refractivity contribution in [3.05, 3.63) is 57.4 Å². The average Bonchev–Trinajstić information content (AvgIpc) is 3.31. The van der Waals surface area contributed by atoms with Crippen LogP contribution in [0, 0.1) is 20.8 Å². The Balaban J connectivity index is 1.39. The zero-order chi connectivity index (χ0) is 22.4. The summed E-state index contributed by atoms with van der Waals surface area (Å²) in [4.78, 5) is 28.1. The lowest BCUT2D eigenvalue weighted by Crippen LogP contribution is -2.36. The fourth-order valence-corrected chi connectivity index (χ4v) is 3.02. The number of para-hydroxylation sites is 1. The number of nitrogens with one attached hydrogen (secondary N) is 2. The number of nitrogens with zero attached hydrogens (tertiary/aromatic N) is 4. The van der Waals surface area contributed by atoms with Gasteiger partial charge in [0.1, 0.15) is 12.3 Å². The Kier molecular flexibility index (Phi) is 7.40. The first kappa shape index (κ1) is 22.5. The van der Waals surface area contributed by atoms with Crippen LogP contribution in [0.15, 0.2) is 33.3 Å². The Morgan fingerprint density at radius 1 is 1.16 bits per heavy atom. The number of aryl methyl sites for hydroxylation is 2. The topological polar surface area (TPSA) is 124 Å². The third-order valence-corrected chi connectivity index (χ3v) is 5.58. The molecule has 2 aromatic heterocycles. The van der Waals surface area contributed by atoms with Crippen LogP contribution >= 0.6 is 15.9 Å². The SMILES string of the molecule is Cc1ccccc1OCC(=O)NCCNC(=O)c1nc(Cn2nc(C)c(Br)c2C)no1. The van der Waals surface area contributed by atoms with Gasteiger partial charge in [0, 0.05) is 13.1 Å². The Morgan fingerprint density at radius 3 is 2.61 bits per heavy atom. The van der Waals surface area contributed by atoms with E-state index in [1.165, 1.54) is 0 Å². The number of halogens is 1.